The van der Waals surface area contributed by atoms with Crippen molar-refractivity contribution in [2.75, 3.05) is 20.6 Å². The van der Waals surface area contributed by atoms with Crippen LogP contribution in [0.4, 0.5) is 0 Å². The van der Waals surface area contributed by atoms with Crippen molar-refractivity contribution in [1.82, 2.24) is 10.2 Å². The van der Waals surface area contributed by atoms with E-state index in [2.05, 4.69) is 22.3 Å². The number of benzene rings is 2. The van der Waals surface area contributed by atoms with Gasteiger partial charge in [-0.2, -0.15) is 5.26 Å². The summed E-state index contributed by atoms with van der Waals surface area (Å²) < 4.78 is 0. The highest BCUT2D eigenvalue weighted by molar-refractivity contribution is 5.94. The number of hydrogen-bond donors (Lipinski definition) is 1. The molecule has 0 aromatic heterocycles. The third kappa shape index (κ3) is 3.94. The van der Waals surface area contributed by atoms with Crippen molar-refractivity contribution >= 4 is 5.91 Å². The Bertz CT molecular complexity index is 657. The van der Waals surface area contributed by atoms with Crippen LogP contribution in [-0.2, 0) is 0 Å². The van der Waals surface area contributed by atoms with Crippen LogP contribution >= 0.6 is 0 Å². The standard InChI is InChI=1S/C18H19N3O/c1-21(2)17(15-6-4-3-5-7-15)13-20-18(22)16-10-8-14(12-19)9-11-16/h3-11,17H,13H2,1-2H3,(H,20,22)/t17-/m1/s1. The van der Waals surface area contributed by atoms with E-state index >= 15 is 0 Å². The molecule has 0 saturated heterocycles. The van der Waals surface area contributed by atoms with Gasteiger partial charge in [0, 0.05) is 12.1 Å². The molecule has 4 nitrogen and oxygen atoms in total. The monoisotopic (exact) mass is 293 g/mol. The first kappa shape index (κ1) is 15.7. The van der Waals surface area contributed by atoms with Crippen molar-refractivity contribution in [1.29, 1.82) is 5.26 Å². The molecule has 22 heavy (non-hydrogen) atoms. The molecular formula is C18H19N3O. The molecule has 0 aliphatic carbocycles. The highest BCUT2D eigenvalue weighted by Crippen LogP contribution is 2.16. The van der Waals surface area contributed by atoms with Crippen LogP contribution in [0.2, 0.25) is 0 Å². The first-order chi connectivity index (χ1) is 10.6. The van der Waals surface area contributed by atoms with Crippen molar-refractivity contribution in [2.24, 2.45) is 0 Å². The fourth-order valence-corrected chi connectivity index (χ4v) is 2.26. The Balaban J connectivity index is 2.03. The molecule has 1 N–H and O–H groups in total. The summed E-state index contributed by atoms with van der Waals surface area (Å²) in [5, 5.41) is 11.7. The van der Waals surface area contributed by atoms with E-state index in [0.717, 1.165) is 5.56 Å². The summed E-state index contributed by atoms with van der Waals surface area (Å²) in [6, 6.07) is 18.9. The normalized spacial score (nSPS) is 11.7. The van der Waals surface area contributed by atoms with Gasteiger partial charge in [0.25, 0.3) is 5.91 Å². The molecule has 0 heterocycles. The van der Waals surface area contributed by atoms with Crippen molar-refractivity contribution in [3.63, 3.8) is 0 Å². The van der Waals surface area contributed by atoms with Crippen LogP contribution in [0.1, 0.15) is 27.5 Å². The molecule has 112 valence electrons. The van der Waals surface area contributed by atoms with Crippen LogP contribution in [0.15, 0.2) is 54.6 Å². The zero-order valence-corrected chi connectivity index (χ0v) is 12.8. The predicted molar refractivity (Wildman–Crippen MR) is 86.4 cm³/mol. The maximum Gasteiger partial charge on any atom is 0.251 e. The largest absolute Gasteiger partial charge is 0.350 e. The lowest BCUT2D eigenvalue weighted by atomic mass is 10.1. The molecule has 1 amide bonds. The van der Waals surface area contributed by atoms with Gasteiger partial charge in [-0.3, -0.25) is 4.79 Å². The molecule has 0 unspecified atom stereocenters. The molecule has 2 aromatic rings. The number of hydrogen-bond acceptors (Lipinski definition) is 3. The van der Waals surface area contributed by atoms with Gasteiger partial charge >= 0.3 is 0 Å². The quantitative estimate of drug-likeness (QED) is 0.922. The van der Waals surface area contributed by atoms with Gasteiger partial charge in [0.1, 0.15) is 0 Å². The number of nitriles is 1. The van der Waals surface area contributed by atoms with Crippen molar-refractivity contribution in [3.8, 4) is 6.07 Å². The SMILES string of the molecule is CN(C)[C@H](CNC(=O)c1ccc(C#N)cc1)c1ccccc1. The molecule has 0 aliphatic rings. The lowest BCUT2D eigenvalue weighted by molar-refractivity contribution is 0.0942. The van der Waals surface area contributed by atoms with Gasteiger partial charge in [0.15, 0.2) is 0 Å². The number of rotatable bonds is 5. The Labute approximate surface area is 131 Å². The summed E-state index contributed by atoms with van der Waals surface area (Å²) in [5.74, 6) is -0.132. The molecule has 2 aromatic carbocycles. The van der Waals surface area contributed by atoms with E-state index < -0.39 is 0 Å². The van der Waals surface area contributed by atoms with E-state index in [4.69, 9.17) is 5.26 Å². The molecule has 2 rings (SSSR count). The van der Waals surface area contributed by atoms with Gasteiger partial charge in [-0.05, 0) is 43.9 Å². The molecule has 1 atom stereocenters. The van der Waals surface area contributed by atoms with Crippen LogP contribution < -0.4 is 5.32 Å². The number of carbonyl (C=O) groups excluding carboxylic acids is 1. The molecule has 0 radical (unpaired) electrons. The van der Waals surface area contributed by atoms with Gasteiger partial charge in [0.05, 0.1) is 17.7 Å². The lowest BCUT2D eigenvalue weighted by Crippen LogP contribution is -2.34. The Morgan fingerprint density at radius 1 is 1.14 bits per heavy atom. The van der Waals surface area contributed by atoms with E-state index in [0.29, 0.717) is 17.7 Å². The summed E-state index contributed by atoms with van der Waals surface area (Å²) in [4.78, 5) is 14.3. The second-order valence-corrected chi connectivity index (χ2v) is 5.29. The van der Waals surface area contributed by atoms with E-state index in [1.807, 2.05) is 38.4 Å². The van der Waals surface area contributed by atoms with Crippen molar-refractivity contribution in [2.45, 2.75) is 6.04 Å². The fraction of sp³-hybridized carbons (Fsp3) is 0.222. The van der Waals surface area contributed by atoms with Gasteiger partial charge in [-0.15, -0.1) is 0 Å². The maximum atomic E-state index is 12.2. The number of amides is 1. The summed E-state index contributed by atoms with van der Waals surface area (Å²) in [5.41, 5.74) is 2.27. The first-order valence-corrected chi connectivity index (χ1v) is 7.11. The van der Waals surface area contributed by atoms with Gasteiger partial charge in [-0.1, -0.05) is 30.3 Å². The molecule has 0 spiro atoms. The molecule has 4 heteroatoms. The fourth-order valence-electron chi connectivity index (χ4n) is 2.26. The van der Waals surface area contributed by atoms with Crippen LogP contribution in [0, 0.1) is 11.3 Å². The number of nitrogens with zero attached hydrogens (tertiary/aromatic N) is 2. The van der Waals surface area contributed by atoms with E-state index in [-0.39, 0.29) is 11.9 Å². The smallest absolute Gasteiger partial charge is 0.251 e. The van der Waals surface area contributed by atoms with Crippen molar-refractivity contribution in [3.05, 3.63) is 71.3 Å². The summed E-state index contributed by atoms with van der Waals surface area (Å²) in [6.45, 7) is 0.524. The predicted octanol–water partition coefficient (Wildman–Crippen LogP) is 2.59. The second-order valence-electron chi connectivity index (χ2n) is 5.29. The van der Waals surface area contributed by atoms with Gasteiger partial charge in [-0.25, -0.2) is 0 Å². The highest BCUT2D eigenvalue weighted by Gasteiger charge is 2.15. The summed E-state index contributed by atoms with van der Waals surface area (Å²) in [6.07, 6.45) is 0. The Morgan fingerprint density at radius 2 is 1.77 bits per heavy atom. The average molecular weight is 293 g/mol. The minimum absolute atomic E-state index is 0.114. The molecule has 0 fully saturated rings. The second kappa shape index (κ2) is 7.39. The van der Waals surface area contributed by atoms with Crippen LogP contribution in [-0.4, -0.2) is 31.4 Å². The maximum absolute atomic E-state index is 12.2. The zero-order chi connectivity index (χ0) is 15.9. The minimum Gasteiger partial charge on any atom is -0.350 e. The third-order valence-corrected chi connectivity index (χ3v) is 3.54. The van der Waals surface area contributed by atoms with Gasteiger partial charge < -0.3 is 10.2 Å². The minimum atomic E-state index is -0.132. The molecular weight excluding hydrogens is 274 g/mol. The Kier molecular flexibility index (Phi) is 5.29. The molecule has 0 bridgehead atoms. The zero-order valence-electron chi connectivity index (χ0n) is 12.8. The highest BCUT2D eigenvalue weighted by atomic mass is 16.1. The Hall–Kier alpha value is -2.64. The van der Waals surface area contributed by atoms with Crippen LogP contribution in [0.3, 0.4) is 0 Å². The Morgan fingerprint density at radius 3 is 2.32 bits per heavy atom. The van der Waals surface area contributed by atoms with E-state index in [1.54, 1.807) is 24.3 Å². The third-order valence-electron chi connectivity index (χ3n) is 3.54. The lowest BCUT2D eigenvalue weighted by Gasteiger charge is -2.25. The first-order valence-electron chi connectivity index (χ1n) is 7.11. The van der Waals surface area contributed by atoms with E-state index in [9.17, 15) is 4.79 Å². The number of nitrogens with one attached hydrogen (secondary N) is 1. The summed E-state index contributed by atoms with van der Waals surface area (Å²) in [7, 11) is 3.98. The molecule has 0 aliphatic heterocycles. The molecule has 0 saturated carbocycles. The van der Waals surface area contributed by atoms with Gasteiger partial charge in [0.2, 0.25) is 0 Å². The van der Waals surface area contributed by atoms with Crippen LogP contribution in [0.5, 0.6) is 0 Å². The van der Waals surface area contributed by atoms with E-state index in [1.165, 1.54) is 0 Å². The number of likely N-dealkylation sites (N-methyl/N-ethyl adjacent to an activating group) is 1. The van der Waals surface area contributed by atoms with Crippen LogP contribution in [0.25, 0.3) is 0 Å². The van der Waals surface area contributed by atoms with Crippen molar-refractivity contribution < 1.29 is 4.79 Å². The summed E-state index contributed by atoms with van der Waals surface area (Å²) >= 11 is 0. The average Bonchev–Trinajstić information content (AvgIpc) is 2.55. The number of carbonyl (C=O) groups is 1. The topological polar surface area (TPSA) is 56.1 Å².